The maximum Gasteiger partial charge on any atom is 0.307 e. The third-order valence-corrected chi connectivity index (χ3v) is 2.33. The Labute approximate surface area is 109 Å². The predicted molar refractivity (Wildman–Crippen MR) is 66.3 cm³/mol. The lowest BCUT2D eigenvalue weighted by Gasteiger charge is -2.09. The van der Waals surface area contributed by atoms with Crippen LogP contribution in [0.15, 0.2) is 12.1 Å². The van der Waals surface area contributed by atoms with Gasteiger partial charge in [0, 0.05) is 12.1 Å². The maximum atomic E-state index is 13.4. The van der Waals surface area contributed by atoms with Crippen LogP contribution in [0.4, 0.5) is 14.5 Å². The van der Waals surface area contributed by atoms with Crippen LogP contribution in [0.3, 0.4) is 0 Å². The Balaban J connectivity index is 2.55. The highest BCUT2D eigenvalue weighted by atomic mass is 19.1. The zero-order valence-electron chi connectivity index (χ0n) is 10.8. The second-order valence-electron chi connectivity index (χ2n) is 4.30. The standard InChI is InChI=1S/C12H16F2N2O3/c1-8(2)15-4-3-5-19-12-7-9(13)11(16(17)18)6-10(12)14/h6-8,15H,3-5H2,1-2H3. The lowest BCUT2D eigenvalue weighted by atomic mass is 10.3. The van der Waals surface area contributed by atoms with Crippen LogP contribution in [-0.4, -0.2) is 24.1 Å². The van der Waals surface area contributed by atoms with E-state index in [2.05, 4.69) is 5.32 Å². The van der Waals surface area contributed by atoms with Crippen LogP contribution in [0.2, 0.25) is 0 Å². The molecule has 0 amide bonds. The summed E-state index contributed by atoms with van der Waals surface area (Å²) in [5.74, 6) is -2.36. The van der Waals surface area contributed by atoms with E-state index < -0.39 is 22.2 Å². The lowest BCUT2D eigenvalue weighted by molar-refractivity contribution is -0.387. The van der Waals surface area contributed by atoms with Crippen LogP contribution in [0.5, 0.6) is 5.75 Å². The Morgan fingerprint density at radius 2 is 2.05 bits per heavy atom. The molecule has 0 saturated heterocycles. The first-order chi connectivity index (χ1) is 8.91. The van der Waals surface area contributed by atoms with Crippen molar-refractivity contribution in [2.45, 2.75) is 26.3 Å². The molecule has 106 valence electrons. The van der Waals surface area contributed by atoms with Gasteiger partial charge < -0.3 is 10.1 Å². The minimum Gasteiger partial charge on any atom is -0.490 e. The monoisotopic (exact) mass is 274 g/mol. The second-order valence-corrected chi connectivity index (χ2v) is 4.30. The van der Waals surface area contributed by atoms with Crippen molar-refractivity contribution in [1.29, 1.82) is 0 Å². The van der Waals surface area contributed by atoms with Crippen molar-refractivity contribution in [3.05, 3.63) is 33.9 Å². The lowest BCUT2D eigenvalue weighted by Crippen LogP contribution is -2.24. The normalized spacial score (nSPS) is 10.8. The fourth-order valence-electron chi connectivity index (χ4n) is 1.41. The van der Waals surface area contributed by atoms with Crippen LogP contribution in [0.1, 0.15) is 20.3 Å². The Kier molecular flexibility index (Phi) is 5.62. The van der Waals surface area contributed by atoms with Gasteiger partial charge in [0.1, 0.15) is 0 Å². The van der Waals surface area contributed by atoms with Crippen LogP contribution in [-0.2, 0) is 0 Å². The van der Waals surface area contributed by atoms with E-state index in [9.17, 15) is 18.9 Å². The molecule has 0 spiro atoms. The Hall–Kier alpha value is -1.76. The third kappa shape index (κ3) is 4.78. The van der Waals surface area contributed by atoms with Gasteiger partial charge in [0.25, 0.3) is 0 Å². The molecule has 7 heteroatoms. The van der Waals surface area contributed by atoms with Gasteiger partial charge >= 0.3 is 5.69 Å². The molecule has 1 rings (SSSR count). The fraction of sp³-hybridized carbons (Fsp3) is 0.500. The molecule has 0 unspecified atom stereocenters. The molecule has 0 radical (unpaired) electrons. The van der Waals surface area contributed by atoms with Crippen molar-refractivity contribution in [3.63, 3.8) is 0 Å². The number of rotatable bonds is 7. The van der Waals surface area contributed by atoms with E-state index in [0.29, 0.717) is 31.1 Å². The minimum absolute atomic E-state index is 0.202. The van der Waals surface area contributed by atoms with Gasteiger partial charge in [0.15, 0.2) is 11.6 Å². The zero-order chi connectivity index (χ0) is 14.4. The highest BCUT2D eigenvalue weighted by Crippen LogP contribution is 2.26. The second kappa shape index (κ2) is 6.98. The van der Waals surface area contributed by atoms with E-state index in [1.54, 1.807) is 0 Å². The van der Waals surface area contributed by atoms with Gasteiger partial charge in [-0.1, -0.05) is 13.8 Å². The summed E-state index contributed by atoms with van der Waals surface area (Å²) < 4.78 is 31.7. The molecule has 0 fully saturated rings. The summed E-state index contributed by atoms with van der Waals surface area (Å²) >= 11 is 0. The largest absolute Gasteiger partial charge is 0.490 e. The molecule has 19 heavy (non-hydrogen) atoms. The Morgan fingerprint density at radius 3 is 2.63 bits per heavy atom. The number of ether oxygens (including phenoxy) is 1. The van der Waals surface area contributed by atoms with E-state index in [1.165, 1.54) is 0 Å². The van der Waals surface area contributed by atoms with Crippen LogP contribution in [0, 0.1) is 21.7 Å². The molecule has 0 atom stereocenters. The number of hydrogen-bond donors (Lipinski definition) is 1. The van der Waals surface area contributed by atoms with Crippen molar-refractivity contribution < 1.29 is 18.4 Å². The van der Waals surface area contributed by atoms with E-state index in [1.807, 2.05) is 13.8 Å². The van der Waals surface area contributed by atoms with Gasteiger partial charge in [0.05, 0.1) is 17.6 Å². The van der Waals surface area contributed by atoms with E-state index in [0.717, 1.165) is 0 Å². The summed E-state index contributed by atoms with van der Waals surface area (Å²) in [7, 11) is 0. The predicted octanol–water partition coefficient (Wildman–Crippen LogP) is 2.64. The molecule has 1 aromatic rings. The van der Waals surface area contributed by atoms with Gasteiger partial charge in [-0.15, -0.1) is 0 Å². The molecular weight excluding hydrogens is 258 g/mol. The number of nitrogens with zero attached hydrogens (tertiary/aromatic N) is 1. The number of benzene rings is 1. The quantitative estimate of drug-likeness (QED) is 0.471. The van der Waals surface area contributed by atoms with E-state index in [4.69, 9.17) is 4.74 Å². The highest BCUT2D eigenvalue weighted by Gasteiger charge is 2.19. The minimum atomic E-state index is -1.11. The number of nitro benzene ring substituents is 1. The van der Waals surface area contributed by atoms with Crippen molar-refractivity contribution >= 4 is 5.69 Å². The summed E-state index contributed by atoms with van der Waals surface area (Å²) in [6.45, 7) is 4.88. The topological polar surface area (TPSA) is 64.4 Å². The molecule has 0 saturated carbocycles. The summed E-state index contributed by atoms with van der Waals surface area (Å²) in [4.78, 5) is 9.42. The molecule has 0 aliphatic rings. The molecule has 1 aromatic carbocycles. The molecular formula is C12H16F2N2O3. The number of halogens is 2. The Morgan fingerprint density at radius 1 is 1.37 bits per heavy atom. The van der Waals surface area contributed by atoms with Crippen molar-refractivity contribution in [2.24, 2.45) is 0 Å². The summed E-state index contributed by atoms with van der Waals surface area (Å²) in [6, 6.07) is 1.56. The maximum absolute atomic E-state index is 13.4. The van der Waals surface area contributed by atoms with Gasteiger partial charge in [-0.3, -0.25) is 10.1 Å². The van der Waals surface area contributed by atoms with E-state index in [-0.39, 0.29) is 12.4 Å². The van der Waals surface area contributed by atoms with Crippen LogP contribution >= 0.6 is 0 Å². The smallest absolute Gasteiger partial charge is 0.307 e. The van der Waals surface area contributed by atoms with Crippen molar-refractivity contribution in [1.82, 2.24) is 5.32 Å². The van der Waals surface area contributed by atoms with Gasteiger partial charge in [-0.25, -0.2) is 4.39 Å². The first-order valence-corrected chi connectivity index (χ1v) is 5.91. The molecule has 0 bridgehead atoms. The average Bonchev–Trinajstić information content (AvgIpc) is 2.31. The first-order valence-electron chi connectivity index (χ1n) is 5.91. The number of nitro groups is 1. The third-order valence-electron chi connectivity index (χ3n) is 2.33. The zero-order valence-corrected chi connectivity index (χ0v) is 10.8. The summed E-state index contributed by atoms with van der Waals surface area (Å²) in [6.07, 6.45) is 0.621. The van der Waals surface area contributed by atoms with Gasteiger partial charge in [-0.2, -0.15) is 4.39 Å². The average molecular weight is 274 g/mol. The SMILES string of the molecule is CC(C)NCCCOc1cc(F)c([N+](=O)[O-])cc1F. The molecule has 0 aliphatic carbocycles. The van der Waals surface area contributed by atoms with Crippen molar-refractivity contribution in [3.8, 4) is 5.75 Å². The molecule has 0 aliphatic heterocycles. The summed E-state index contributed by atoms with van der Waals surface area (Å²) in [5.41, 5.74) is -0.897. The van der Waals surface area contributed by atoms with Crippen LogP contribution < -0.4 is 10.1 Å². The molecule has 1 N–H and O–H groups in total. The highest BCUT2D eigenvalue weighted by molar-refractivity contribution is 5.39. The molecule has 0 heterocycles. The Bertz CT molecular complexity index is 453. The first kappa shape index (κ1) is 15.3. The molecule has 5 nitrogen and oxygen atoms in total. The number of hydrogen-bond acceptors (Lipinski definition) is 4. The van der Waals surface area contributed by atoms with Crippen LogP contribution in [0.25, 0.3) is 0 Å². The number of nitrogens with one attached hydrogen (secondary N) is 1. The van der Waals surface area contributed by atoms with E-state index >= 15 is 0 Å². The summed E-state index contributed by atoms with van der Waals surface area (Å²) in [5, 5.41) is 13.5. The van der Waals surface area contributed by atoms with Gasteiger partial charge in [-0.05, 0) is 13.0 Å². The van der Waals surface area contributed by atoms with Gasteiger partial charge in [0.2, 0.25) is 5.82 Å². The van der Waals surface area contributed by atoms with Crippen molar-refractivity contribution in [2.75, 3.05) is 13.2 Å². The molecule has 0 aromatic heterocycles. The fourth-order valence-corrected chi connectivity index (χ4v) is 1.41.